The summed E-state index contributed by atoms with van der Waals surface area (Å²) in [4.78, 5) is 0. The Morgan fingerprint density at radius 1 is 1.21 bits per heavy atom. The first-order chi connectivity index (χ1) is 6.49. The molecule has 0 amide bonds. The molecule has 0 bridgehead atoms. The average molecular weight is 196 g/mol. The van der Waals surface area contributed by atoms with Crippen molar-refractivity contribution in [2.45, 2.75) is 57.7 Å². The Labute approximate surface area is 86.3 Å². The molecule has 0 aromatic heterocycles. The van der Waals surface area contributed by atoms with Gasteiger partial charge in [0.25, 0.3) is 0 Å². The SMILES string of the molecule is CC(C)(O)C#C[C@@H](O)C1CCCCC1. The Bertz CT molecular complexity index is 223. The standard InChI is InChI=1S/C12H20O2/c1-12(2,14)9-8-11(13)10-6-4-3-5-7-10/h10-11,13-14H,3-7H2,1-2H3/t11-/m1/s1. The van der Waals surface area contributed by atoms with Crippen molar-refractivity contribution in [3.8, 4) is 11.8 Å². The van der Waals surface area contributed by atoms with Crippen molar-refractivity contribution < 1.29 is 10.2 Å². The minimum Gasteiger partial charge on any atom is -0.380 e. The molecule has 0 unspecified atom stereocenters. The maximum atomic E-state index is 9.75. The molecule has 1 atom stereocenters. The van der Waals surface area contributed by atoms with Gasteiger partial charge in [-0.05, 0) is 32.6 Å². The molecule has 1 fully saturated rings. The van der Waals surface area contributed by atoms with Crippen LogP contribution in [0.3, 0.4) is 0 Å². The molecule has 0 aromatic carbocycles. The second-order valence-electron chi connectivity index (χ2n) is 4.67. The highest BCUT2D eigenvalue weighted by molar-refractivity contribution is 5.14. The first-order valence-corrected chi connectivity index (χ1v) is 5.42. The fourth-order valence-corrected chi connectivity index (χ4v) is 1.82. The van der Waals surface area contributed by atoms with Gasteiger partial charge in [-0.15, -0.1) is 0 Å². The lowest BCUT2D eigenvalue weighted by Crippen LogP contribution is -2.23. The van der Waals surface area contributed by atoms with Gasteiger partial charge in [-0.1, -0.05) is 31.1 Å². The molecule has 0 aliphatic heterocycles. The van der Waals surface area contributed by atoms with Gasteiger partial charge in [0, 0.05) is 0 Å². The van der Waals surface area contributed by atoms with Crippen LogP contribution in [-0.4, -0.2) is 21.9 Å². The Hall–Kier alpha value is -0.520. The normalized spacial score (nSPS) is 21.1. The van der Waals surface area contributed by atoms with Gasteiger partial charge in [-0.2, -0.15) is 0 Å². The van der Waals surface area contributed by atoms with Crippen LogP contribution in [0, 0.1) is 17.8 Å². The van der Waals surface area contributed by atoms with Gasteiger partial charge in [0.2, 0.25) is 0 Å². The summed E-state index contributed by atoms with van der Waals surface area (Å²) in [5.41, 5.74) is -0.990. The van der Waals surface area contributed by atoms with E-state index in [-0.39, 0.29) is 0 Å². The van der Waals surface area contributed by atoms with Crippen LogP contribution in [0.4, 0.5) is 0 Å². The smallest absolute Gasteiger partial charge is 0.120 e. The van der Waals surface area contributed by atoms with E-state index in [1.54, 1.807) is 13.8 Å². The highest BCUT2D eigenvalue weighted by Crippen LogP contribution is 2.26. The highest BCUT2D eigenvalue weighted by atomic mass is 16.3. The second-order valence-corrected chi connectivity index (χ2v) is 4.67. The van der Waals surface area contributed by atoms with Crippen LogP contribution in [0.15, 0.2) is 0 Å². The van der Waals surface area contributed by atoms with Crippen LogP contribution in [0.1, 0.15) is 46.0 Å². The lowest BCUT2D eigenvalue weighted by atomic mass is 9.85. The van der Waals surface area contributed by atoms with Crippen molar-refractivity contribution in [3.63, 3.8) is 0 Å². The van der Waals surface area contributed by atoms with E-state index in [0.29, 0.717) is 5.92 Å². The summed E-state index contributed by atoms with van der Waals surface area (Å²) in [5.74, 6) is 5.74. The summed E-state index contributed by atoms with van der Waals surface area (Å²) in [6, 6.07) is 0. The van der Waals surface area contributed by atoms with Crippen molar-refractivity contribution in [1.29, 1.82) is 0 Å². The monoisotopic (exact) mass is 196 g/mol. The van der Waals surface area contributed by atoms with Crippen LogP contribution in [0.25, 0.3) is 0 Å². The van der Waals surface area contributed by atoms with E-state index in [4.69, 9.17) is 0 Å². The molecule has 80 valence electrons. The maximum absolute atomic E-state index is 9.75. The van der Waals surface area contributed by atoms with Gasteiger partial charge < -0.3 is 10.2 Å². The number of hydrogen-bond acceptors (Lipinski definition) is 2. The van der Waals surface area contributed by atoms with E-state index < -0.39 is 11.7 Å². The van der Waals surface area contributed by atoms with Gasteiger partial charge in [-0.25, -0.2) is 0 Å². The predicted octanol–water partition coefficient (Wildman–Crippen LogP) is 1.70. The summed E-state index contributed by atoms with van der Waals surface area (Å²) in [5, 5.41) is 19.1. The molecule has 0 heterocycles. The zero-order chi connectivity index (χ0) is 10.6. The fourth-order valence-electron chi connectivity index (χ4n) is 1.82. The van der Waals surface area contributed by atoms with Gasteiger partial charge in [-0.3, -0.25) is 0 Å². The summed E-state index contributed by atoms with van der Waals surface area (Å²) >= 11 is 0. The Morgan fingerprint density at radius 2 is 1.79 bits per heavy atom. The Balaban J connectivity index is 2.46. The van der Waals surface area contributed by atoms with E-state index >= 15 is 0 Å². The minimum atomic E-state index is -0.990. The molecular formula is C12H20O2. The average Bonchev–Trinajstić information content (AvgIpc) is 2.14. The van der Waals surface area contributed by atoms with Gasteiger partial charge in [0.15, 0.2) is 0 Å². The number of aliphatic hydroxyl groups excluding tert-OH is 1. The van der Waals surface area contributed by atoms with E-state index in [1.165, 1.54) is 19.3 Å². The van der Waals surface area contributed by atoms with Gasteiger partial charge in [0.05, 0.1) is 0 Å². The van der Waals surface area contributed by atoms with Gasteiger partial charge in [0.1, 0.15) is 11.7 Å². The molecule has 2 heteroatoms. The van der Waals surface area contributed by atoms with Crippen LogP contribution in [0.5, 0.6) is 0 Å². The third-order valence-electron chi connectivity index (χ3n) is 2.62. The fraction of sp³-hybridized carbons (Fsp3) is 0.833. The molecule has 1 aliphatic rings. The topological polar surface area (TPSA) is 40.5 Å². The van der Waals surface area contributed by atoms with E-state index in [0.717, 1.165) is 12.8 Å². The zero-order valence-electron chi connectivity index (χ0n) is 9.08. The van der Waals surface area contributed by atoms with Crippen LogP contribution < -0.4 is 0 Å². The third kappa shape index (κ3) is 4.13. The van der Waals surface area contributed by atoms with Crippen LogP contribution >= 0.6 is 0 Å². The molecular weight excluding hydrogens is 176 g/mol. The van der Waals surface area contributed by atoms with E-state index in [2.05, 4.69) is 11.8 Å². The Morgan fingerprint density at radius 3 is 2.29 bits per heavy atom. The largest absolute Gasteiger partial charge is 0.380 e. The van der Waals surface area contributed by atoms with Crippen molar-refractivity contribution in [3.05, 3.63) is 0 Å². The van der Waals surface area contributed by atoms with Gasteiger partial charge >= 0.3 is 0 Å². The molecule has 1 aliphatic carbocycles. The molecule has 14 heavy (non-hydrogen) atoms. The molecule has 2 N–H and O–H groups in total. The minimum absolute atomic E-state index is 0.318. The summed E-state index contributed by atoms with van der Waals surface area (Å²) < 4.78 is 0. The lowest BCUT2D eigenvalue weighted by Gasteiger charge is -2.23. The number of hydrogen-bond donors (Lipinski definition) is 2. The quantitative estimate of drug-likeness (QED) is 0.627. The molecule has 0 aromatic rings. The lowest BCUT2D eigenvalue weighted by molar-refractivity contribution is 0.126. The van der Waals surface area contributed by atoms with E-state index in [1.807, 2.05) is 0 Å². The second kappa shape index (κ2) is 4.82. The summed E-state index contributed by atoms with van der Waals surface area (Å²) in [6.07, 6.45) is 5.27. The molecule has 2 nitrogen and oxygen atoms in total. The van der Waals surface area contributed by atoms with Crippen molar-refractivity contribution >= 4 is 0 Å². The number of aliphatic hydroxyl groups is 2. The molecule has 0 saturated heterocycles. The van der Waals surface area contributed by atoms with E-state index in [9.17, 15) is 10.2 Å². The van der Waals surface area contributed by atoms with Crippen LogP contribution in [-0.2, 0) is 0 Å². The van der Waals surface area contributed by atoms with Crippen LogP contribution in [0.2, 0.25) is 0 Å². The molecule has 1 rings (SSSR count). The summed E-state index contributed by atoms with van der Waals surface area (Å²) in [6.45, 7) is 3.27. The highest BCUT2D eigenvalue weighted by Gasteiger charge is 2.20. The number of rotatable bonds is 1. The molecule has 1 saturated carbocycles. The maximum Gasteiger partial charge on any atom is 0.120 e. The third-order valence-corrected chi connectivity index (χ3v) is 2.62. The predicted molar refractivity (Wildman–Crippen MR) is 56.7 cm³/mol. The summed E-state index contributed by atoms with van der Waals surface area (Å²) in [7, 11) is 0. The zero-order valence-corrected chi connectivity index (χ0v) is 9.08. The molecule has 0 spiro atoms. The van der Waals surface area contributed by atoms with Crippen molar-refractivity contribution in [2.24, 2.45) is 5.92 Å². The van der Waals surface area contributed by atoms with Crippen molar-refractivity contribution in [1.82, 2.24) is 0 Å². The van der Waals surface area contributed by atoms with Crippen molar-refractivity contribution in [2.75, 3.05) is 0 Å². The Kier molecular flexibility index (Phi) is 3.97. The first-order valence-electron chi connectivity index (χ1n) is 5.42. The molecule has 0 radical (unpaired) electrons. The first kappa shape index (κ1) is 11.6.